The zero-order chi connectivity index (χ0) is 15.3. The Labute approximate surface area is 129 Å². The maximum absolute atomic E-state index is 12.8. The van der Waals surface area contributed by atoms with E-state index in [9.17, 15) is 4.79 Å². The van der Waals surface area contributed by atoms with Crippen LogP contribution in [0.15, 0.2) is 18.3 Å². The van der Waals surface area contributed by atoms with Gasteiger partial charge in [-0.15, -0.1) is 10.2 Å². The molecule has 0 aromatic carbocycles. The first-order chi connectivity index (χ1) is 10.6. The van der Waals surface area contributed by atoms with E-state index in [1.807, 2.05) is 41.6 Å². The minimum Gasteiger partial charge on any atom is -0.339 e. The van der Waals surface area contributed by atoms with Gasteiger partial charge >= 0.3 is 0 Å². The highest BCUT2D eigenvalue weighted by atomic mass is 16.2. The van der Waals surface area contributed by atoms with Crippen LogP contribution in [0.1, 0.15) is 41.9 Å². The number of amides is 1. The molecule has 4 heterocycles. The standard InChI is InChI=1S/C16H21N5O/c1-10-18-19-15-6-3-11(9-21(10)15)16(22)20(2)14-7-12-4-5-13(8-14)17-12/h3,6,9,12-14,17H,4-5,7-8H2,1-2H3. The third kappa shape index (κ3) is 2.18. The summed E-state index contributed by atoms with van der Waals surface area (Å²) in [5.74, 6) is 0.883. The minimum absolute atomic E-state index is 0.0845. The SMILES string of the molecule is Cc1nnc2ccc(C(=O)N(C)C3CC4CCC(C3)N4)cn12. The van der Waals surface area contributed by atoms with E-state index >= 15 is 0 Å². The van der Waals surface area contributed by atoms with E-state index in [1.54, 1.807) is 0 Å². The summed E-state index contributed by atoms with van der Waals surface area (Å²) < 4.78 is 1.87. The van der Waals surface area contributed by atoms with Crippen LogP contribution in [0.5, 0.6) is 0 Å². The summed E-state index contributed by atoms with van der Waals surface area (Å²) >= 11 is 0. The van der Waals surface area contributed by atoms with Crippen molar-refractivity contribution in [2.45, 2.75) is 50.7 Å². The molecule has 2 bridgehead atoms. The molecule has 6 heteroatoms. The summed E-state index contributed by atoms with van der Waals surface area (Å²) in [7, 11) is 1.93. The molecule has 2 fully saturated rings. The molecule has 2 aromatic heterocycles. The Kier molecular flexibility index (Phi) is 3.14. The normalized spacial score (nSPS) is 27.3. The Morgan fingerprint density at radius 3 is 2.73 bits per heavy atom. The Morgan fingerprint density at radius 2 is 2.00 bits per heavy atom. The number of fused-ring (bicyclic) bond motifs is 3. The number of pyridine rings is 1. The molecule has 0 spiro atoms. The number of aryl methyl sites for hydroxylation is 1. The second-order valence-electron chi connectivity index (χ2n) is 6.57. The molecule has 0 saturated carbocycles. The van der Waals surface area contributed by atoms with Crippen LogP contribution in [-0.2, 0) is 0 Å². The summed E-state index contributed by atoms with van der Waals surface area (Å²) in [4.78, 5) is 14.7. The highest BCUT2D eigenvalue weighted by Crippen LogP contribution is 2.29. The number of hydrogen-bond donors (Lipinski definition) is 1. The maximum Gasteiger partial charge on any atom is 0.255 e. The van der Waals surface area contributed by atoms with Gasteiger partial charge in [0.1, 0.15) is 5.82 Å². The fraction of sp³-hybridized carbons (Fsp3) is 0.562. The smallest absolute Gasteiger partial charge is 0.255 e. The van der Waals surface area contributed by atoms with Crippen LogP contribution < -0.4 is 5.32 Å². The molecule has 0 radical (unpaired) electrons. The molecule has 2 unspecified atom stereocenters. The van der Waals surface area contributed by atoms with Crippen molar-refractivity contribution in [2.24, 2.45) is 0 Å². The molecule has 4 rings (SSSR count). The predicted octanol–water partition coefficient (Wildman–Crippen LogP) is 1.39. The largest absolute Gasteiger partial charge is 0.339 e. The van der Waals surface area contributed by atoms with Gasteiger partial charge in [0.05, 0.1) is 5.56 Å². The van der Waals surface area contributed by atoms with Gasteiger partial charge in [-0.05, 0) is 44.7 Å². The van der Waals surface area contributed by atoms with Crippen molar-refractivity contribution in [2.75, 3.05) is 7.05 Å². The zero-order valence-corrected chi connectivity index (χ0v) is 13.0. The predicted molar refractivity (Wildman–Crippen MR) is 82.8 cm³/mol. The van der Waals surface area contributed by atoms with Gasteiger partial charge < -0.3 is 10.2 Å². The summed E-state index contributed by atoms with van der Waals surface area (Å²) in [6.45, 7) is 1.89. The Balaban J connectivity index is 1.58. The highest BCUT2D eigenvalue weighted by Gasteiger charge is 2.36. The van der Waals surface area contributed by atoms with E-state index in [0.717, 1.165) is 24.3 Å². The van der Waals surface area contributed by atoms with Crippen molar-refractivity contribution in [3.63, 3.8) is 0 Å². The Morgan fingerprint density at radius 1 is 1.27 bits per heavy atom. The second-order valence-corrected chi connectivity index (χ2v) is 6.57. The minimum atomic E-state index is 0.0845. The van der Waals surface area contributed by atoms with E-state index in [0.29, 0.717) is 23.7 Å². The van der Waals surface area contributed by atoms with E-state index in [-0.39, 0.29) is 5.91 Å². The number of aromatic nitrogens is 3. The van der Waals surface area contributed by atoms with E-state index < -0.39 is 0 Å². The van der Waals surface area contributed by atoms with Gasteiger partial charge in [0.15, 0.2) is 5.65 Å². The molecule has 2 atom stereocenters. The lowest BCUT2D eigenvalue weighted by Crippen LogP contribution is -2.48. The first-order valence-corrected chi connectivity index (χ1v) is 7.96. The van der Waals surface area contributed by atoms with Crippen molar-refractivity contribution < 1.29 is 4.79 Å². The Hall–Kier alpha value is -1.95. The van der Waals surface area contributed by atoms with Crippen LogP contribution in [0.25, 0.3) is 5.65 Å². The van der Waals surface area contributed by atoms with Crippen molar-refractivity contribution in [1.29, 1.82) is 0 Å². The number of nitrogens with zero attached hydrogens (tertiary/aromatic N) is 4. The molecule has 1 N–H and O–H groups in total. The fourth-order valence-electron chi connectivity index (χ4n) is 3.84. The van der Waals surface area contributed by atoms with Gasteiger partial charge in [0.25, 0.3) is 5.91 Å². The lowest BCUT2D eigenvalue weighted by Gasteiger charge is -2.35. The van der Waals surface area contributed by atoms with Crippen LogP contribution in [0.3, 0.4) is 0 Å². The third-order valence-corrected chi connectivity index (χ3v) is 5.14. The van der Waals surface area contributed by atoms with Gasteiger partial charge in [-0.25, -0.2) is 0 Å². The molecule has 6 nitrogen and oxygen atoms in total. The number of carbonyl (C=O) groups is 1. The van der Waals surface area contributed by atoms with Gasteiger partial charge in [-0.3, -0.25) is 9.20 Å². The lowest BCUT2D eigenvalue weighted by atomic mass is 9.98. The van der Waals surface area contributed by atoms with Crippen LogP contribution in [-0.4, -0.2) is 50.6 Å². The first kappa shape index (κ1) is 13.7. The zero-order valence-electron chi connectivity index (χ0n) is 13.0. The molecule has 22 heavy (non-hydrogen) atoms. The van der Waals surface area contributed by atoms with Gasteiger partial charge in [-0.1, -0.05) is 0 Å². The summed E-state index contributed by atoms with van der Waals surface area (Å²) in [6, 6.07) is 5.21. The van der Waals surface area contributed by atoms with E-state index in [4.69, 9.17) is 0 Å². The molecule has 2 saturated heterocycles. The maximum atomic E-state index is 12.8. The second kappa shape index (κ2) is 5.05. The van der Waals surface area contributed by atoms with Crippen molar-refractivity contribution >= 4 is 11.6 Å². The molecule has 1 amide bonds. The molecule has 2 aromatic rings. The highest BCUT2D eigenvalue weighted by molar-refractivity contribution is 5.94. The van der Waals surface area contributed by atoms with Crippen molar-refractivity contribution in [3.05, 3.63) is 29.7 Å². The first-order valence-electron chi connectivity index (χ1n) is 7.96. The average Bonchev–Trinajstić information content (AvgIpc) is 3.08. The summed E-state index contributed by atoms with van der Waals surface area (Å²) in [5, 5.41) is 11.7. The van der Waals surface area contributed by atoms with Gasteiger partial charge in [0.2, 0.25) is 0 Å². The number of rotatable bonds is 2. The molecular formula is C16H21N5O. The number of carbonyl (C=O) groups excluding carboxylic acids is 1. The van der Waals surface area contributed by atoms with Crippen LogP contribution >= 0.6 is 0 Å². The van der Waals surface area contributed by atoms with E-state index in [2.05, 4.69) is 15.5 Å². The topological polar surface area (TPSA) is 62.5 Å². The molecule has 0 aliphatic carbocycles. The monoisotopic (exact) mass is 299 g/mol. The van der Waals surface area contributed by atoms with Crippen molar-refractivity contribution in [3.8, 4) is 0 Å². The summed E-state index contributed by atoms with van der Waals surface area (Å²) in [5.41, 5.74) is 1.47. The Bertz CT molecular complexity index is 712. The molecular weight excluding hydrogens is 278 g/mol. The number of piperidine rings is 1. The third-order valence-electron chi connectivity index (χ3n) is 5.14. The molecule has 2 aliphatic heterocycles. The quantitative estimate of drug-likeness (QED) is 0.910. The summed E-state index contributed by atoms with van der Waals surface area (Å²) in [6.07, 6.45) is 6.46. The van der Waals surface area contributed by atoms with Crippen LogP contribution in [0.4, 0.5) is 0 Å². The average molecular weight is 299 g/mol. The van der Waals surface area contributed by atoms with Crippen LogP contribution in [0, 0.1) is 6.92 Å². The van der Waals surface area contributed by atoms with E-state index in [1.165, 1.54) is 12.8 Å². The fourth-order valence-corrected chi connectivity index (χ4v) is 3.84. The number of hydrogen-bond acceptors (Lipinski definition) is 4. The molecule has 2 aliphatic rings. The van der Waals surface area contributed by atoms with Crippen molar-refractivity contribution in [1.82, 2.24) is 24.8 Å². The van der Waals surface area contributed by atoms with Crippen LogP contribution in [0.2, 0.25) is 0 Å². The lowest BCUT2D eigenvalue weighted by molar-refractivity contribution is 0.0681. The van der Waals surface area contributed by atoms with Gasteiger partial charge in [0, 0.05) is 31.4 Å². The number of nitrogens with one attached hydrogen (secondary N) is 1. The molecule has 116 valence electrons. The van der Waals surface area contributed by atoms with Gasteiger partial charge in [-0.2, -0.15) is 0 Å².